The number of Topliss-reactive ketones (excluding diaryl/α,β-unsaturated/α-hetero) is 1. The Morgan fingerprint density at radius 2 is 2.40 bits per heavy atom. The van der Waals surface area contributed by atoms with Crippen LogP contribution in [-0.2, 0) is 12.8 Å². The van der Waals surface area contributed by atoms with Crippen molar-refractivity contribution in [2.45, 2.75) is 19.8 Å². The van der Waals surface area contributed by atoms with Crippen molar-refractivity contribution in [3.8, 4) is 0 Å². The molecule has 0 radical (unpaired) electrons. The lowest BCUT2D eigenvalue weighted by Crippen LogP contribution is -2.01. The molecule has 78 valence electrons. The van der Waals surface area contributed by atoms with E-state index >= 15 is 0 Å². The van der Waals surface area contributed by atoms with Crippen molar-refractivity contribution in [1.29, 1.82) is 0 Å². The summed E-state index contributed by atoms with van der Waals surface area (Å²) in [5.74, 6) is 1.27. The molecule has 0 bridgehead atoms. The van der Waals surface area contributed by atoms with Crippen LogP contribution in [0, 0.1) is 0 Å². The standard InChI is InChI=1S/C11H11NO2S/c1-2-8-3-4-10(14-8)9(13)7-11-12-5-6-15-11/h3-6H,2,7H2,1H3. The van der Waals surface area contributed by atoms with Crippen LogP contribution in [0.1, 0.15) is 28.2 Å². The summed E-state index contributed by atoms with van der Waals surface area (Å²) in [6, 6.07) is 3.57. The minimum Gasteiger partial charge on any atom is -0.458 e. The summed E-state index contributed by atoms with van der Waals surface area (Å²) in [6.45, 7) is 1.99. The molecule has 0 saturated carbocycles. The zero-order valence-electron chi connectivity index (χ0n) is 8.40. The molecule has 0 unspecified atom stereocenters. The van der Waals surface area contributed by atoms with E-state index in [9.17, 15) is 4.79 Å². The van der Waals surface area contributed by atoms with Crippen LogP contribution in [0.5, 0.6) is 0 Å². The van der Waals surface area contributed by atoms with Crippen LogP contribution in [0.4, 0.5) is 0 Å². The van der Waals surface area contributed by atoms with Crippen LogP contribution < -0.4 is 0 Å². The van der Waals surface area contributed by atoms with E-state index in [0.29, 0.717) is 12.2 Å². The second-order valence-corrected chi connectivity index (χ2v) is 4.12. The summed E-state index contributed by atoms with van der Waals surface area (Å²) < 4.78 is 5.37. The van der Waals surface area contributed by atoms with Gasteiger partial charge in [-0.15, -0.1) is 11.3 Å². The summed E-state index contributed by atoms with van der Waals surface area (Å²) in [5, 5.41) is 2.69. The number of carbonyl (C=O) groups excluding carboxylic acids is 1. The largest absolute Gasteiger partial charge is 0.458 e. The third-order valence-electron chi connectivity index (χ3n) is 2.08. The molecule has 15 heavy (non-hydrogen) atoms. The van der Waals surface area contributed by atoms with Crippen molar-refractivity contribution in [1.82, 2.24) is 4.98 Å². The number of nitrogens with zero attached hydrogens (tertiary/aromatic N) is 1. The van der Waals surface area contributed by atoms with E-state index in [1.165, 1.54) is 11.3 Å². The van der Waals surface area contributed by atoms with Gasteiger partial charge in [0.15, 0.2) is 5.76 Å². The average Bonchev–Trinajstić information content (AvgIpc) is 2.86. The molecule has 4 heteroatoms. The second-order valence-electron chi connectivity index (χ2n) is 3.15. The lowest BCUT2D eigenvalue weighted by atomic mass is 10.2. The van der Waals surface area contributed by atoms with Gasteiger partial charge in [0.2, 0.25) is 5.78 Å². The Hall–Kier alpha value is -1.42. The minimum absolute atomic E-state index is 0.00958. The maximum Gasteiger partial charge on any atom is 0.204 e. The minimum atomic E-state index is -0.00958. The first kappa shape index (κ1) is 10.1. The molecule has 0 spiro atoms. The number of hydrogen-bond donors (Lipinski definition) is 0. The summed E-state index contributed by atoms with van der Waals surface area (Å²) in [6.07, 6.45) is 2.84. The van der Waals surface area contributed by atoms with Crippen molar-refractivity contribution in [2.24, 2.45) is 0 Å². The number of carbonyl (C=O) groups is 1. The molecule has 0 saturated heterocycles. The lowest BCUT2D eigenvalue weighted by molar-refractivity contribution is 0.0964. The summed E-state index contributed by atoms with van der Waals surface area (Å²) in [7, 11) is 0. The Kier molecular flexibility index (Phi) is 2.97. The van der Waals surface area contributed by atoms with Crippen molar-refractivity contribution in [3.05, 3.63) is 40.2 Å². The smallest absolute Gasteiger partial charge is 0.204 e. The normalized spacial score (nSPS) is 10.5. The first-order valence-corrected chi connectivity index (χ1v) is 5.68. The van der Waals surface area contributed by atoms with Crippen LogP contribution >= 0.6 is 11.3 Å². The van der Waals surface area contributed by atoms with Gasteiger partial charge in [0.05, 0.1) is 6.42 Å². The molecule has 0 aromatic carbocycles. The number of thiazole rings is 1. The third-order valence-corrected chi connectivity index (χ3v) is 2.86. The van der Waals surface area contributed by atoms with E-state index in [1.807, 2.05) is 18.4 Å². The molecule has 0 aliphatic carbocycles. The highest BCUT2D eigenvalue weighted by atomic mass is 32.1. The van der Waals surface area contributed by atoms with E-state index in [2.05, 4.69) is 4.98 Å². The fourth-order valence-corrected chi connectivity index (χ4v) is 1.90. The van der Waals surface area contributed by atoms with Crippen molar-refractivity contribution < 1.29 is 9.21 Å². The van der Waals surface area contributed by atoms with Gasteiger partial charge in [0, 0.05) is 18.0 Å². The molecule has 0 aliphatic heterocycles. The fraction of sp³-hybridized carbons (Fsp3) is 0.273. The van der Waals surface area contributed by atoms with Gasteiger partial charge in [-0.05, 0) is 12.1 Å². The van der Waals surface area contributed by atoms with E-state index < -0.39 is 0 Å². The van der Waals surface area contributed by atoms with Gasteiger partial charge < -0.3 is 4.42 Å². The van der Waals surface area contributed by atoms with E-state index in [1.54, 1.807) is 12.3 Å². The molecular weight excluding hydrogens is 210 g/mol. The molecule has 0 aliphatic rings. The molecule has 0 atom stereocenters. The quantitative estimate of drug-likeness (QED) is 0.745. The number of furan rings is 1. The van der Waals surface area contributed by atoms with Crippen molar-refractivity contribution in [2.75, 3.05) is 0 Å². The second kappa shape index (κ2) is 4.40. The Labute approximate surface area is 91.8 Å². The topological polar surface area (TPSA) is 43.1 Å². The van der Waals surface area contributed by atoms with Gasteiger partial charge in [0.25, 0.3) is 0 Å². The Balaban J connectivity index is 2.08. The average molecular weight is 221 g/mol. The molecule has 2 aromatic heterocycles. The molecule has 2 rings (SSSR count). The molecule has 3 nitrogen and oxygen atoms in total. The summed E-state index contributed by atoms with van der Waals surface area (Å²) >= 11 is 1.48. The molecular formula is C11H11NO2S. The van der Waals surface area contributed by atoms with E-state index in [0.717, 1.165) is 17.2 Å². The number of rotatable bonds is 4. The van der Waals surface area contributed by atoms with Crippen LogP contribution in [0.15, 0.2) is 28.1 Å². The molecule has 0 amide bonds. The third kappa shape index (κ3) is 2.33. The van der Waals surface area contributed by atoms with Gasteiger partial charge in [-0.1, -0.05) is 6.92 Å². The highest BCUT2D eigenvalue weighted by Crippen LogP contribution is 2.13. The lowest BCUT2D eigenvalue weighted by Gasteiger charge is -1.93. The number of aromatic nitrogens is 1. The van der Waals surface area contributed by atoms with Gasteiger partial charge in [-0.2, -0.15) is 0 Å². The summed E-state index contributed by atoms with van der Waals surface area (Å²) in [4.78, 5) is 15.8. The van der Waals surface area contributed by atoms with Crippen molar-refractivity contribution >= 4 is 17.1 Å². The van der Waals surface area contributed by atoms with Crippen LogP contribution in [0.25, 0.3) is 0 Å². The summed E-state index contributed by atoms with van der Waals surface area (Å²) in [5.41, 5.74) is 0. The van der Waals surface area contributed by atoms with Gasteiger partial charge in [0.1, 0.15) is 10.8 Å². The molecule has 0 N–H and O–H groups in total. The van der Waals surface area contributed by atoms with Crippen LogP contribution in [-0.4, -0.2) is 10.8 Å². The highest BCUT2D eigenvalue weighted by molar-refractivity contribution is 7.09. The highest BCUT2D eigenvalue weighted by Gasteiger charge is 2.12. The zero-order chi connectivity index (χ0) is 10.7. The van der Waals surface area contributed by atoms with E-state index in [-0.39, 0.29) is 5.78 Å². The maximum atomic E-state index is 11.7. The Morgan fingerprint density at radius 3 is 3.00 bits per heavy atom. The predicted molar refractivity (Wildman–Crippen MR) is 58.2 cm³/mol. The SMILES string of the molecule is CCc1ccc(C(=O)Cc2nccs2)o1. The van der Waals surface area contributed by atoms with Gasteiger partial charge in [-0.3, -0.25) is 4.79 Å². The molecule has 2 heterocycles. The van der Waals surface area contributed by atoms with Crippen LogP contribution in [0.2, 0.25) is 0 Å². The Bertz CT molecular complexity index is 445. The number of hydrogen-bond acceptors (Lipinski definition) is 4. The van der Waals surface area contributed by atoms with E-state index in [4.69, 9.17) is 4.42 Å². The first-order chi connectivity index (χ1) is 7.29. The zero-order valence-corrected chi connectivity index (χ0v) is 9.21. The number of aryl methyl sites for hydroxylation is 1. The first-order valence-electron chi connectivity index (χ1n) is 4.80. The van der Waals surface area contributed by atoms with Gasteiger partial charge >= 0.3 is 0 Å². The maximum absolute atomic E-state index is 11.7. The molecule has 2 aromatic rings. The van der Waals surface area contributed by atoms with Crippen molar-refractivity contribution in [3.63, 3.8) is 0 Å². The van der Waals surface area contributed by atoms with Gasteiger partial charge in [-0.25, -0.2) is 4.98 Å². The molecule has 0 fully saturated rings. The predicted octanol–water partition coefficient (Wildman–Crippen LogP) is 2.72. The number of ketones is 1. The fourth-order valence-electron chi connectivity index (χ4n) is 1.28. The van der Waals surface area contributed by atoms with Crippen LogP contribution in [0.3, 0.4) is 0 Å². The Morgan fingerprint density at radius 1 is 1.53 bits per heavy atom. The monoisotopic (exact) mass is 221 g/mol.